The van der Waals surface area contributed by atoms with E-state index in [1.165, 1.54) is 99.3 Å². The minimum atomic E-state index is -0.121. The molecule has 2 heteroatoms. The number of para-hydroxylation sites is 1. The lowest BCUT2D eigenvalue weighted by Crippen LogP contribution is -2.18. The number of anilines is 3. The predicted molar refractivity (Wildman–Crippen MR) is 279 cm³/mol. The summed E-state index contributed by atoms with van der Waals surface area (Å²) >= 11 is 0. The number of hydrogen-bond acceptors (Lipinski definition) is 1. The summed E-state index contributed by atoms with van der Waals surface area (Å²) in [6.07, 6.45) is 0. The van der Waals surface area contributed by atoms with E-state index in [0.29, 0.717) is 0 Å². The summed E-state index contributed by atoms with van der Waals surface area (Å²) in [6, 6.07) is 81.4. The van der Waals surface area contributed by atoms with Gasteiger partial charge in [-0.25, -0.2) is 0 Å². The van der Waals surface area contributed by atoms with E-state index in [4.69, 9.17) is 0 Å². The molecule has 13 rings (SSSR count). The fraction of sp³-hybridized carbons (Fsp3) is 0.0938. The molecule has 11 aromatic rings. The van der Waals surface area contributed by atoms with E-state index in [0.717, 1.165) is 22.7 Å². The van der Waals surface area contributed by atoms with Crippen molar-refractivity contribution in [2.45, 2.75) is 38.5 Å². The van der Waals surface area contributed by atoms with Crippen LogP contribution in [0.25, 0.3) is 82.8 Å². The van der Waals surface area contributed by atoms with Crippen LogP contribution in [0.15, 0.2) is 218 Å². The highest BCUT2D eigenvalue weighted by Gasteiger charge is 2.37. The summed E-state index contributed by atoms with van der Waals surface area (Å²) in [5.74, 6) is 0. The number of rotatable bonds is 6. The van der Waals surface area contributed by atoms with Gasteiger partial charge in [0, 0.05) is 49.7 Å². The molecule has 1 aromatic heterocycles. The lowest BCUT2D eigenvalue weighted by atomic mass is 9.82. The lowest BCUT2D eigenvalue weighted by Gasteiger charge is -2.30. The smallest absolute Gasteiger partial charge is 0.0619 e. The van der Waals surface area contributed by atoms with Gasteiger partial charge in [0.1, 0.15) is 0 Å². The molecule has 0 unspecified atom stereocenters. The van der Waals surface area contributed by atoms with Crippen molar-refractivity contribution in [1.82, 2.24) is 4.57 Å². The molecule has 2 aliphatic carbocycles. The first kappa shape index (κ1) is 38.5. The Kier molecular flexibility index (Phi) is 8.33. The van der Waals surface area contributed by atoms with Gasteiger partial charge in [-0.2, -0.15) is 0 Å². The maximum absolute atomic E-state index is 2.48. The summed E-state index contributed by atoms with van der Waals surface area (Å²) in [4.78, 5) is 2.48. The molecule has 0 spiro atoms. The van der Waals surface area contributed by atoms with Crippen LogP contribution in [-0.4, -0.2) is 4.57 Å². The molecule has 0 saturated carbocycles. The number of benzene rings is 10. The number of aromatic nitrogens is 1. The lowest BCUT2D eigenvalue weighted by molar-refractivity contribution is 0.660. The molecule has 314 valence electrons. The van der Waals surface area contributed by atoms with Gasteiger partial charge in [-0.15, -0.1) is 0 Å². The van der Waals surface area contributed by atoms with Crippen molar-refractivity contribution in [2.75, 3.05) is 4.90 Å². The Morgan fingerprint density at radius 3 is 1.52 bits per heavy atom. The first-order chi connectivity index (χ1) is 32.2. The molecule has 66 heavy (non-hydrogen) atoms. The van der Waals surface area contributed by atoms with Crippen LogP contribution in [0.1, 0.15) is 49.9 Å². The van der Waals surface area contributed by atoms with Crippen LogP contribution < -0.4 is 4.90 Å². The van der Waals surface area contributed by atoms with Crippen molar-refractivity contribution in [3.05, 3.63) is 241 Å². The van der Waals surface area contributed by atoms with Crippen LogP contribution in [0.3, 0.4) is 0 Å². The van der Waals surface area contributed by atoms with Crippen LogP contribution in [-0.2, 0) is 10.8 Å². The zero-order valence-corrected chi connectivity index (χ0v) is 37.7. The van der Waals surface area contributed by atoms with Gasteiger partial charge in [0.05, 0.1) is 11.0 Å². The SMILES string of the molecule is CC1(C)c2ccccc2-c2ccc(N(c3cccc(-c4cccc(-c5ccc6c7ccc8ccccc8c7n(-c7ccccc7)c6c5)c4)c3)c3ccc4c(c3)C(C)(C)c3ccccc3-4)cc21. The largest absolute Gasteiger partial charge is 0.310 e. The summed E-state index contributed by atoms with van der Waals surface area (Å²) in [5, 5.41) is 5.02. The van der Waals surface area contributed by atoms with Gasteiger partial charge in [0.15, 0.2) is 0 Å². The molecule has 0 bridgehead atoms. The van der Waals surface area contributed by atoms with Crippen LogP contribution >= 0.6 is 0 Å². The maximum Gasteiger partial charge on any atom is 0.0619 e. The Labute approximate surface area is 386 Å². The standard InChI is InChI=1S/C64H48N2/c1-63(2)57-26-12-10-24-51(57)53-34-30-48(39-59(53)63)65(49-31-35-54-52-25-11-13-27-58(52)64(3,4)60(54)40-49)47-22-15-19-44(37-47)42-17-14-18-43(36-42)45-29-32-55-56-33-28-41-16-8-9-23-50(41)62(56)66(61(55)38-45)46-20-6-5-7-21-46/h5-40H,1-4H3. The highest BCUT2D eigenvalue weighted by molar-refractivity contribution is 6.19. The van der Waals surface area contributed by atoms with Crippen LogP contribution in [0.5, 0.6) is 0 Å². The Morgan fingerprint density at radius 1 is 0.333 bits per heavy atom. The van der Waals surface area contributed by atoms with E-state index in [-0.39, 0.29) is 10.8 Å². The number of hydrogen-bond donors (Lipinski definition) is 0. The Balaban J connectivity index is 0.945. The van der Waals surface area contributed by atoms with Gasteiger partial charge in [0.25, 0.3) is 0 Å². The van der Waals surface area contributed by atoms with Gasteiger partial charge in [-0.1, -0.05) is 185 Å². The summed E-state index contributed by atoms with van der Waals surface area (Å²) in [5.41, 5.74) is 22.4. The molecule has 10 aromatic carbocycles. The molecule has 0 saturated heterocycles. The minimum absolute atomic E-state index is 0.121. The molecule has 2 aliphatic rings. The number of fused-ring (bicyclic) bond motifs is 11. The summed E-state index contributed by atoms with van der Waals surface area (Å²) in [7, 11) is 0. The zero-order valence-electron chi connectivity index (χ0n) is 37.7. The molecular formula is C64H48N2. The second kappa shape index (κ2) is 14.3. The van der Waals surface area contributed by atoms with Gasteiger partial charge in [-0.05, 0) is 133 Å². The van der Waals surface area contributed by atoms with E-state index in [1.807, 2.05) is 0 Å². The molecule has 0 amide bonds. The van der Waals surface area contributed by atoms with Crippen molar-refractivity contribution in [2.24, 2.45) is 0 Å². The third-order valence-corrected chi connectivity index (χ3v) is 15.0. The fourth-order valence-corrected chi connectivity index (χ4v) is 11.6. The van der Waals surface area contributed by atoms with Crippen LogP contribution in [0.4, 0.5) is 17.1 Å². The Morgan fingerprint density at radius 2 is 0.848 bits per heavy atom. The fourth-order valence-electron chi connectivity index (χ4n) is 11.6. The molecule has 1 heterocycles. The molecule has 0 radical (unpaired) electrons. The molecule has 0 fully saturated rings. The Bertz CT molecular complexity index is 3660. The first-order valence-corrected chi connectivity index (χ1v) is 23.3. The van der Waals surface area contributed by atoms with Crippen LogP contribution in [0.2, 0.25) is 0 Å². The maximum atomic E-state index is 2.48. The number of nitrogens with zero attached hydrogens (tertiary/aromatic N) is 2. The predicted octanol–water partition coefficient (Wildman–Crippen LogP) is 17.4. The third-order valence-electron chi connectivity index (χ3n) is 15.0. The minimum Gasteiger partial charge on any atom is -0.310 e. The monoisotopic (exact) mass is 844 g/mol. The molecule has 2 nitrogen and oxygen atoms in total. The average molecular weight is 845 g/mol. The second-order valence-corrected chi connectivity index (χ2v) is 19.4. The van der Waals surface area contributed by atoms with Crippen molar-refractivity contribution in [3.63, 3.8) is 0 Å². The summed E-state index contributed by atoms with van der Waals surface area (Å²) < 4.78 is 2.45. The molecule has 0 N–H and O–H groups in total. The summed E-state index contributed by atoms with van der Waals surface area (Å²) in [6.45, 7) is 9.48. The van der Waals surface area contributed by atoms with E-state index in [1.54, 1.807) is 0 Å². The van der Waals surface area contributed by atoms with Gasteiger partial charge < -0.3 is 9.47 Å². The first-order valence-electron chi connectivity index (χ1n) is 23.3. The molecular weight excluding hydrogens is 797 g/mol. The van der Waals surface area contributed by atoms with E-state index in [9.17, 15) is 0 Å². The van der Waals surface area contributed by atoms with Crippen LogP contribution in [0, 0.1) is 0 Å². The van der Waals surface area contributed by atoms with Crippen molar-refractivity contribution < 1.29 is 0 Å². The highest BCUT2D eigenvalue weighted by atomic mass is 15.1. The average Bonchev–Trinajstić information content (AvgIpc) is 3.91. The topological polar surface area (TPSA) is 8.17 Å². The molecule has 0 atom stereocenters. The second-order valence-electron chi connectivity index (χ2n) is 19.4. The quantitative estimate of drug-likeness (QED) is 0.162. The highest BCUT2D eigenvalue weighted by Crippen LogP contribution is 2.53. The van der Waals surface area contributed by atoms with E-state index >= 15 is 0 Å². The normalized spacial score (nSPS) is 14.0. The van der Waals surface area contributed by atoms with Gasteiger partial charge >= 0.3 is 0 Å². The zero-order chi connectivity index (χ0) is 44.3. The van der Waals surface area contributed by atoms with Crippen molar-refractivity contribution in [3.8, 4) is 50.2 Å². The van der Waals surface area contributed by atoms with Crippen molar-refractivity contribution >= 4 is 49.6 Å². The van der Waals surface area contributed by atoms with E-state index in [2.05, 4.69) is 256 Å². The van der Waals surface area contributed by atoms with Gasteiger partial charge in [-0.3, -0.25) is 0 Å². The van der Waals surface area contributed by atoms with Crippen molar-refractivity contribution in [1.29, 1.82) is 0 Å². The molecule has 0 aliphatic heterocycles. The third kappa shape index (κ3) is 5.67. The Hall–Kier alpha value is -7.94. The van der Waals surface area contributed by atoms with E-state index < -0.39 is 0 Å². The van der Waals surface area contributed by atoms with Gasteiger partial charge in [0.2, 0.25) is 0 Å².